The van der Waals surface area contributed by atoms with E-state index >= 15 is 0 Å². The topological polar surface area (TPSA) is 159 Å². The number of aliphatic carboxylic acids is 1. The average Bonchev–Trinajstić information content (AvgIpc) is 3.24. The van der Waals surface area contributed by atoms with Gasteiger partial charge in [0.05, 0.1) is 0 Å². The summed E-state index contributed by atoms with van der Waals surface area (Å²) in [6.07, 6.45) is 0. The van der Waals surface area contributed by atoms with Crippen LogP contribution in [0, 0.1) is 0 Å². The van der Waals surface area contributed by atoms with Crippen molar-refractivity contribution in [3.63, 3.8) is 0 Å². The highest BCUT2D eigenvalue weighted by atomic mass is 32.2. The third kappa shape index (κ3) is 7.43. The first-order chi connectivity index (χ1) is 16.7. The zero-order chi connectivity index (χ0) is 26.0. The number of thiophene rings is 1. The number of fused-ring (bicyclic) bond motifs is 1. The highest BCUT2D eigenvalue weighted by Gasteiger charge is 2.37. The fourth-order valence-corrected chi connectivity index (χ4v) is 6.74. The Morgan fingerprint density at radius 3 is 1.91 bits per heavy atom. The molecule has 12 nitrogen and oxygen atoms in total. The fraction of sp³-hybridized carbons (Fsp3) is 0.476. The van der Waals surface area contributed by atoms with Crippen molar-refractivity contribution < 1.29 is 38.1 Å². The van der Waals surface area contributed by atoms with E-state index in [1.807, 2.05) is 42.3 Å². The number of nitrogens with zero attached hydrogens (tertiary/aromatic N) is 4. The summed E-state index contributed by atoms with van der Waals surface area (Å²) < 4.78 is 30.0. The normalized spacial score (nSPS) is 19.0. The zero-order valence-corrected chi connectivity index (χ0v) is 20.9. The minimum Gasteiger partial charge on any atom is -0.483 e. The third-order valence-corrected chi connectivity index (χ3v) is 8.91. The molecule has 0 saturated carbocycles. The number of piperazine rings is 2. The lowest BCUT2D eigenvalue weighted by molar-refractivity contribution is -0.144. The van der Waals surface area contributed by atoms with Crippen LogP contribution in [-0.2, 0) is 24.6 Å². The van der Waals surface area contributed by atoms with Gasteiger partial charge >= 0.3 is 5.97 Å². The Morgan fingerprint density at radius 1 is 0.943 bits per heavy atom. The Kier molecular flexibility index (Phi) is 11.0. The molecule has 0 spiro atoms. The van der Waals surface area contributed by atoms with Crippen LogP contribution in [0.4, 0.5) is 0 Å². The molecule has 2 aromatic rings. The smallest absolute Gasteiger partial charge is 0.326 e. The number of rotatable bonds is 5. The lowest BCUT2D eigenvalue weighted by atomic mass is 10.1. The molecule has 194 valence electrons. The first-order valence-corrected chi connectivity index (χ1v) is 13.0. The van der Waals surface area contributed by atoms with E-state index in [1.165, 1.54) is 15.6 Å². The molecule has 2 aliphatic rings. The van der Waals surface area contributed by atoms with Gasteiger partial charge in [0.2, 0.25) is 0 Å². The number of hydrogen-bond donors (Lipinski definition) is 3. The molecule has 0 amide bonds. The maximum atomic E-state index is 12.9. The number of hydrogen-bond acceptors (Lipinski definition) is 8. The summed E-state index contributed by atoms with van der Waals surface area (Å²) in [7, 11) is -1.51. The van der Waals surface area contributed by atoms with Gasteiger partial charge in [-0.1, -0.05) is 18.2 Å². The molecule has 0 radical (unpaired) electrons. The van der Waals surface area contributed by atoms with Crippen LogP contribution in [0.5, 0.6) is 0 Å². The van der Waals surface area contributed by atoms with E-state index < -0.39 is 22.2 Å². The van der Waals surface area contributed by atoms with Gasteiger partial charge < -0.3 is 20.2 Å². The van der Waals surface area contributed by atoms with Crippen molar-refractivity contribution in [2.45, 2.75) is 6.04 Å². The number of carboxylic acid groups (broad SMARTS) is 3. The summed E-state index contributed by atoms with van der Waals surface area (Å²) in [4.78, 5) is 33.6. The second-order valence-corrected chi connectivity index (χ2v) is 10.8. The van der Waals surface area contributed by atoms with E-state index in [-0.39, 0.29) is 12.9 Å². The minimum atomic E-state index is -3.49. The molecule has 3 heterocycles. The Balaban J connectivity index is 0.000000655. The van der Waals surface area contributed by atoms with Gasteiger partial charge in [-0.2, -0.15) is 17.0 Å². The van der Waals surface area contributed by atoms with E-state index in [0.29, 0.717) is 39.3 Å². The third-order valence-electron chi connectivity index (χ3n) is 5.70. The van der Waals surface area contributed by atoms with Gasteiger partial charge in [-0.3, -0.25) is 19.3 Å². The van der Waals surface area contributed by atoms with Gasteiger partial charge in [0.1, 0.15) is 6.04 Å². The van der Waals surface area contributed by atoms with Crippen LogP contribution in [0.25, 0.3) is 10.1 Å². The predicted molar refractivity (Wildman–Crippen MR) is 131 cm³/mol. The standard InChI is InChI=1S/C19H26N4O4S2.2CH2O2/c1-20-6-10-22(11-7-20)29(26,27)23-12-8-21(9-13-23)18(19(24)25)17-14-15-4-2-3-5-16(15)28-17;2*2-1-3/h2-5,14,18H,6-13H2,1H3,(H,24,25);2*1H,(H,2,3). The molecule has 0 bridgehead atoms. The summed E-state index contributed by atoms with van der Waals surface area (Å²) >= 11 is 1.49. The number of carbonyl (C=O) groups is 3. The molecule has 1 unspecified atom stereocenters. The van der Waals surface area contributed by atoms with Crippen molar-refractivity contribution in [1.82, 2.24) is 18.4 Å². The van der Waals surface area contributed by atoms with Gasteiger partial charge in [-0.15, -0.1) is 11.3 Å². The number of likely N-dealkylation sites (N-methyl/N-ethyl adjacent to an activating group) is 1. The molecule has 2 saturated heterocycles. The van der Waals surface area contributed by atoms with Crippen molar-refractivity contribution in [2.24, 2.45) is 0 Å². The van der Waals surface area contributed by atoms with E-state index in [9.17, 15) is 18.3 Å². The molecule has 2 fully saturated rings. The number of benzene rings is 1. The van der Waals surface area contributed by atoms with Crippen LogP contribution >= 0.6 is 11.3 Å². The molecule has 1 aromatic heterocycles. The predicted octanol–water partition coefficient (Wildman–Crippen LogP) is 0.538. The molecule has 14 heteroatoms. The lowest BCUT2D eigenvalue weighted by Crippen LogP contribution is -2.57. The Bertz CT molecular complexity index is 1040. The Morgan fingerprint density at radius 2 is 1.43 bits per heavy atom. The first kappa shape index (κ1) is 28.6. The fourth-order valence-electron chi connectivity index (χ4n) is 3.97. The molecular weight excluding hydrogens is 500 g/mol. The lowest BCUT2D eigenvalue weighted by Gasteiger charge is -2.40. The van der Waals surface area contributed by atoms with Crippen LogP contribution in [-0.4, -0.2) is 120 Å². The van der Waals surface area contributed by atoms with E-state index in [4.69, 9.17) is 19.8 Å². The maximum Gasteiger partial charge on any atom is 0.326 e. The molecule has 35 heavy (non-hydrogen) atoms. The molecule has 3 N–H and O–H groups in total. The first-order valence-electron chi connectivity index (χ1n) is 10.7. The molecular formula is C21H30N4O8S2. The Hall–Kier alpha value is -2.62. The van der Waals surface area contributed by atoms with E-state index in [1.54, 1.807) is 4.31 Å². The molecule has 0 aliphatic carbocycles. The van der Waals surface area contributed by atoms with Crippen LogP contribution < -0.4 is 0 Å². The maximum absolute atomic E-state index is 12.9. The zero-order valence-electron chi connectivity index (χ0n) is 19.3. The largest absolute Gasteiger partial charge is 0.483 e. The summed E-state index contributed by atoms with van der Waals surface area (Å²) in [5, 5.41) is 24.7. The van der Waals surface area contributed by atoms with Crippen molar-refractivity contribution >= 4 is 50.5 Å². The van der Waals surface area contributed by atoms with Gasteiger partial charge in [0.25, 0.3) is 23.2 Å². The highest BCUT2D eigenvalue weighted by Crippen LogP contribution is 2.33. The monoisotopic (exact) mass is 530 g/mol. The Labute approximate surface area is 207 Å². The van der Waals surface area contributed by atoms with Crippen molar-refractivity contribution in [1.29, 1.82) is 0 Å². The van der Waals surface area contributed by atoms with Crippen LogP contribution in [0.3, 0.4) is 0 Å². The SMILES string of the molecule is CN1CCN(S(=O)(=O)N2CCN(C(C(=O)O)c3cc4ccccc4s3)CC2)CC1.O=CO.O=CO. The molecule has 1 aromatic carbocycles. The van der Waals surface area contributed by atoms with Crippen molar-refractivity contribution in [2.75, 3.05) is 59.4 Å². The summed E-state index contributed by atoms with van der Waals surface area (Å²) in [6, 6.07) is 9.04. The van der Waals surface area contributed by atoms with Crippen molar-refractivity contribution in [3.05, 3.63) is 35.2 Å². The van der Waals surface area contributed by atoms with Gasteiger partial charge in [-0.25, -0.2) is 0 Å². The second-order valence-electron chi connectivity index (χ2n) is 7.78. The van der Waals surface area contributed by atoms with Crippen molar-refractivity contribution in [3.8, 4) is 0 Å². The quantitative estimate of drug-likeness (QED) is 0.466. The van der Waals surface area contributed by atoms with Gasteiger partial charge in [0.15, 0.2) is 0 Å². The van der Waals surface area contributed by atoms with Gasteiger partial charge in [0, 0.05) is 61.9 Å². The van der Waals surface area contributed by atoms with E-state index in [2.05, 4.69) is 4.90 Å². The summed E-state index contributed by atoms with van der Waals surface area (Å²) in [5.74, 6) is -0.896. The van der Waals surface area contributed by atoms with Crippen LogP contribution in [0.15, 0.2) is 30.3 Å². The van der Waals surface area contributed by atoms with Crippen LogP contribution in [0.1, 0.15) is 10.9 Å². The molecule has 2 aliphatic heterocycles. The van der Waals surface area contributed by atoms with Gasteiger partial charge in [-0.05, 0) is 24.6 Å². The molecule has 4 rings (SSSR count). The minimum absolute atomic E-state index is 0.250. The van der Waals surface area contributed by atoms with E-state index in [0.717, 1.165) is 28.1 Å². The summed E-state index contributed by atoms with van der Waals surface area (Å²) in [5.41, 5.74) is 0. The van der Waals surface area contributed by atoms with Crippen LogP contribution in [0.2, 0.25) is 0 Å². The average molecular weight is 531 g/mol. The molecule has 1 atom stereocenters. The second kappa shape index (κ2) is 13.5. The highest BCUT2D eigenvalue weighted by molar-refractivity contribution is 7.86. The summed E-state index contributed by atoms with van der Waals surface area (Å²) in [6.45, 7) is 3.37. The number of carboxylic acids is 1.